The number of rotatable bonds is 4. The molecule has 2 amide bonds. The Bertz CT molecular complexity index is 1340. The first-order valence-electron chi connectivity index (χ1n) is 8.83. The minimum absolute atomic E-state index is 0.148. The number of hydrogen-bond acceptors (Lipinski definition) is 8. The van der Waals surface area contributed by atoms with Crippen molar-refractivity contribution < 1.29 is 18.7 Å². The maximum atomic E-state index is 12.5. The van der Waals surface area contributed by atoms with E-state index in [-0.39, 0.29) is 19.1 Å². The zero-order valence-electron chi connectivity index (χ0n) is 15.2. The lowest BCUT2D eigenvalue weighted by molar-refractivity contribution is -0.123. The van der Waals surface area contributed by atoms with E-state index >= 15 is 0 Å². The van der Waals surface area contributed by atoms with Gasteiger partial charge in [-0.15, -0.1) is 11.3 Å². The number of fused-ring (bicyclic) bond motifs is 2. The van der Waals surface area contributed by atoms with Crippen LogP contribution >= 0.6 is 11.3 Å². The second-order valence-corrected chi connectivity index (χ2v) is 7.26. The number of hydrogen-bond donors (Lipinski definition) is 2. The molecular weight excluding hydrogens is 410 g/mol. The highest BCUT2D eigenvalue weighted by Gasteiger charge is 2.28. The maximum Gasteiger partial charge on any atom is 0.417 e. The van der Waals surface area contributed by atoms with Crippen LogP contribution < -0.4 is 20.7 Å². The van der Waals surface area contributed by atoms with Crippen LogP contribution in [0.15, 0.2) is 51.1 Å². The third-order valence-electron chi connectivity index (χ3n) is 4.43. The molecule has 3 aromatic heterocycles. The van der Waals surface area contributed by atoms with E-state index in [1.54, 1.807) is 35.7 Å². The van der Waals surface area contributed by atoms with Crippen molar-refractivity contribution in [2.45, 2.75) is 0 Å². The second kappa shape index (κ2) is 7.12. The molecule has 0 radical (unpaired) electrons. The van der Waals surface area contributed by atoms with E-state index in [2.05, 4.69) is 20.3 Å². The molecule has 1 aliphatic heterocycles. The number of pyridine rings is 1. The lowest BCUT2D eigenvalue weighted by Crippen LogP contribution is -2.43. The molecular formula is C19H13N5O5S. The van der Waals surface area contributed by atoms with E-state index in [4.69, 9.17) is 9.15 Å². The third-order valence-corrected chi connectivity index (χ3v) is 5.19. The SMILES string of the molecule is O=C(CN1C(=O)COc2cccnc21)Nc1nc(-c2ccc3[nH]c(=O)oc3c2)cs1. The largest absolute Gasteiger partial charge is 0.480 e. The fraction of sp³-hybridized carbons (Fsp3) is 0.105. The minimum Gasteiger partial charge on any atom is -0.480 e. The first kappa shape index (κ1) is 18.1. The smallest absolute Gasteiger partial charge is 0.417 e. The van der Waals surface area contributed by atoms with Crippen LogP contribution in [0.1, 0.15) is 0 Å². The molecule has 2 N–H and O–H groups in total. The summed E-state index contributed by atoms with van der Waals surface area (Å²) >= 11 is 1.24. The Morgan fingerprint density at radius 3 is 3.10 bits per heavy atom. The van der Waals surface area contributed by atoms with Crippen molar-refractivity contribution in [3.8, 4) is 17.0 Å². The van der Waals surface area contributed by atoms with Crippen molar-refractivity contribution in [3.05, 3.63) is 52.5 Å². The van der Waals surface area contributed by atoms with Crippen molar-refractivity contribution in [1.82, 2.24) is 15.0 Å². The predicted molar refractivity (Wildman–Crippen MR) is 109 cm³/mol. The average Bonchev–Trinajstić information content (AvgIpc) is 3.35. The summed E-state index contributed by atoms with van der Waals surface area (Å²) in [5.74, 6) is -0.521. The van der Waals surface area contributed by atoms with E-state index in [1.807, 2.05) is 0 Å². The lowest BCUT2D eigenvalue weighted by Gasteiger charge is -2.27. The van der Waals surface area contributed by atoms with E-state index in [1.165, 1.54) is 22.4 Å². The molecule has 0 saturated carbocycles. The fourth-order valence-electron chi connectivity index (χ4n) is 3.07. The number of aromatic amines is 1. The van der Waals surface area contributed by atoms with Crippen molar-refractivity contribution in [1.29, 1.82) is 0 Å². The van der Waals surface area contributed by atoms with Gasteiger partial charge in [0.25, 0.3) is 5.91 Å². The Morgan fingerprint density at radius 2 is 2.20 bits per heavy atom. The molecule has 4 heterocycles. The summed E-state index contributed by atoms with van der Waals surface area (Å²) in [6, 6.07) is 8.60. The van der Waals surface area contributed by atoms with E-state index in [0.29, 0.717) is 33.5 Å². The monoisotopic (exact) mass is 423 g/mol. The fourth-order valence-corrected chi connectivity index (χ4v) is 3.80. The molecule has 1 aromatic carbocycles. The number of H-pyrrole nitrogens is 1. The van der Waals surface area contributed by atoms with Gasteiger partial charge in [0.1, 0.15) is 6.54 Å². The number of anilines is 2. The van der Waals surface area contributed by atoms with Crippen molar-refractivity contribution in [3.63, 3.8) is 0 Å². The number of thiazole rings is 1. The molecule has 4 aromatic rings. The number of benzene rings is 1. The normalized spacial score (nSPS) is 13.2. The zero-order chi connectivity index (χ0) is 20.7. The first-order valence-corrected chi connectivity index (χ1v) is 9.71. The molecule has 5 rings (SSSR count). The number of carbonyl (C=O) groups is 2. The second-order valence-electron chi connectivity index (χ2n) is 6.41. The van der Waals surface area contributed by atoms with Gasteiger partial charge in [-0.25, -0.2) is 14.8 Å². The minimum atomic E-state index is -0.526. The van der Waals surface area contributed by atoms with Crippen LogP contribution in [-0.2, 0) is 9.59 Å². The highest BCUT2D eigenvalue weighted by Crippen LogP contribution is 2.29. The first-order chi connectivity index (χ1) is 14.6. The molecule has 1 aliphatic rings. The van der Waals surface area contributed by atoms with E-state index < -0.39 is 11.7 Å². The number of ether oxygens (including phenoxy) is 1. The number of amides is 2. The Hall–Kier alpha value is -3.99. The van der Waals surface area contributed by atoms with Gasteiger partial charge in [0.15, 0.2) is 28.9 Å². The third kappa shape index (κ3) is 3.31. The predicted octanol–water partition coefficient (Wildman–Crippen LogP) is 2.00. The molecule has 0 bridgehead atoms. The Morgan fingerprint density at radius 1 is 1.30 bits per heavy atom. The summed E-state index contributed by atoms with van der Waals surface area (Å²) in [5.41, 5.74) is 2.38. The lowest BCUT2D eigenvalue weighted by atomic mass is 10.1. The zero-order valence-corrected chi connectivity index (χ0v) is 16.1. The van der Waals surface area contributed by atoms with Crippen LogP contribution in [0.2, 0.25) is 0 Å². The Balaban J connectivity index is 1.32. The summed E-state index contributed by atoms with van der Waals surface area (Å²) < 4.78 is 10.4. The summed E-state index contributed by atoms with van der Waals surface area (Å²) in [6.07, 6.45) is 1.53. The van der Waals surface area contributed by atoms with Gasteiger partial charge in [-0.1, -0.05) is 6.07 Å². The molecule has 0 fully saturated rings. The molecule has 150 valence electrons. The van der Waals surface area contributed by atoms with Gasteiger partial charge in [0, 0.05) is 17.1 Å². The van der Waals surface area contributed by atoms with Gasteiger partial charge in [0.05, 0.1) is 11.2 Å². The standard InChI is InChI=1S/C19H13N5O5S/c25-15(7-24-16(26)8-28-13-2-1-5-20-17(13)24)23-18-21-12(9-30-18)10-3-4-11-14(6-10)29-19(27)22-11/h1-6,9H,7-8H2,(H,22,27)(H,21,23,25). The summed E-state index contributed by atoms with van der Waals surface area (Å²) in [4.78, 5) is 48.4. The number of aromatic nitrogens is 3. The number of nitrogens with zero attached hydrogens (tertiary/aromatic N) is 3. The molecule has 30 heavy (non-hydrogen) atoms. The van der Waals surface area contributed by atoms with Crippen molar-refractivity contribution in [2.75, 3.05) is 23.4 Å². The highest BCUT2D eigenvalue weighted by molar-refractivity contribution is 7.14. The summed E-state index contributed by atoms with van der Waals surface area (Å²) in [5, 5.41) is 4.86. The summed E-state index contributed by atoms with van der Waals surface area (Å²) in [7, 11) is 0. The highest BCUT2D eigenvalue weighted by atomic mass is 32.1. The number of carbonyl (C=O) groups excluding carboxylic acids is 2. The molecule has 0 unspecified atom stereocenters. The quantitative estimate of drug-likeness (QED) is 0.513. The van der Waals surface area contributed by atoms with Crippen LogP contribution in [0.5, 0.6) is 5.75 Å². The van der Waals surface area contributed by atoms with Gasteiger partial charge in [-0.3, -0.25) is 19.5 Å². The Kier molecular flexibility index (Phi) is 4.29. The van der Waals surface area contributed by atoms with Crippen LogP contribution in [-0.4, -0.2) is 39.9 Å². The average molecular weight is 423 g/mol. The van der Waals surface area contributed by atoms with Crippen LogP contribution in [0.4, 0.5) is 10.9 Å². The van der Waals surface area contributed by atoms with E-state index in [0.717, 1.165) is 5.56 Å². The van der Waals surface area contributed by atoms with Gasteiger partial charge in [-0.2, -0.15) is 0 Å². The van der Waals surface area contributed by atoms with Crippen LogP contribution in [0.25, 0.3) is 22.4 Å². The maximum absolute atomic E-state index is 12.5. The number of nitrogens with one attached hydrogen (secondary N) is 2. The van der Waals surface area contributed by atoms with Gasteiger partial charge >= 0.3 is 5.76 Å². The topological polar surface area (TPSA) is 130 Å². The molecule has 0 aliphatic carbocycles. The molecule has 0 atom stereocenters. The van der Waals surface area contributed by atoms with Crippen LogP contribution in [0.3, 0.4) is 0 Å². The molecule has 0 spiro atoms. The van der Waals surface area contributed by atoms with Gasteiger partial charge in [-0.05, 0) is 24.3 Å². The van der Waals surface area contributed by atoms with Gasteiger partial charge < -0.3 is 14.5 Å². The van der Waals surface area contributed by atoms with Crippen molar-refractivity contribution in [2.24, 2.45) is 0 Å². The van der Waals surface area contributed by atoms with E-state index in [9.17, 15) is 14.4 Å². The molecule has 11 heteroatoms. The number of oxazole rings is 1. The van der Waals surface area contributed by atoms with Gasteiger partial charge in [0.2, 0.25) is 5.91 Å². The van der Waals surface area contributed by atoms with Crippen LogP contribution in [0, 0.1) is 0 Å². The Labute approximate surface area is 172 Å². The molecule has 10 nitrogen and oxygen atoms in total. The van der Waals surface area contributed by atoms with Crippen molar-refractivity contribution >= 4 is 45.2 Å². The summed E-state index contributed by atoms with van der Waals surface area (Å²) in [6.45, 7) is -0.354. The molecule has 0 saturated heterocycles.